The predicted molar refractivity (Wildman–Crippen MR) is 152 cm³/mol. The average molecular weight is 570 g/mol. The van der Waals surface area contributed by atoms with Crippen LogP contribution >= 0.6 is 0 Å². The van der Waals surface area contributed by atoms with E-state index in [2.05, 4.69) is 16.0 Å². The van der Waals surface area contributed by atoms with Crippen LogP contribution in [0.15, 0.2) is 70.0 Å². The van der Waals surface area contributed by atoms with Crippen LogP contribution < -0.4 is 16.0 Å². The largest absolute Gasteiger partial charge is 0.451 e. The first-order valence-electron chi connectivity index (χ1n) is 13.6. The molecule has 0 spiro atoms. The third kappa shape index (κ3) is 8.17. The zero-order valence-corrected chi connectivity index (χ0v) is 23.6. The number of carbonyl (C=O) groups is 2. The van der Waals surface area contributed by atoms with E-state index in [0.717, 1.165) is 37.6 Å². The summed E-state index contributed by atoms with van der Waals surface area (Å²) in [5.74, 6) is -0.264. The molecule has 1 aliphatic rings. The molecule has 40 heavy (non-hydrogen) atoms. The summed E-state index contributed by atoms with van der Waals surface area (Å²) < 4.78 is 42.3. The highest BCUT2D eigenvalue weighted by atomic mass is 32.2. The van der Waals surface area contributed by atoms with Gasteiger partial charge in [0.2, 0.25) is 5.91 Å². The molecule has 3 aromatic rings. The number of carbonyl (C=O) groups excluding carboxylic acids is 2. The predicted octanol–water partition coefficient (Wildman–Crippen LogP) is 5.17. The molecule has 1 fully saturated rings. The van der Waals surface area contributed by atoms with Gasteiger partial charge in [-0.05, 0) is 79.9 Å². The van der Waals surface area contributed by atoms with Gasteiger partial charge in [-0.1, -0.05) is 32.1 Å². The smallest absolute Gasteiger partial charge is 0.287 e. The molecule has 2 amide bonds. The topological polar surface area (TPSA) is 118 Å². The van der Waals surface area contributed by atoms with Crippen LogP contribution in [0.2, 0.25) is 0 Å². The molecule has 0 saturated heterocycles. The molecule has 1 saturated carbocycles. The van der Waals surface area contributed by atoms with Gasteiger partial charge in [-0.3, -0.25) is 9.59 Å². The van der Waals surface area contributed by atoms with E-state index >= 15 is 0 Å². The molecule has 0 aliphatic heterocycles. The highest BCUT2D eigenvalue weighted by molar-refractivity contribution is 7.90. The van der Waals surface area contributed by atoms with E-state index in [1.165, 1.54) is 30.7 Å². The van der Waals surface area contributed by atoms with Gasteiger partial charge in [0.15, 0.2) is 15.6 Å². The molecule has 1 heterocycles. The van der Waals surface area contributed by atoms with Crippen molar-refractivity contribution in [2.75, 3.05) is 18.1 Å². The van der Waals surface area contributed by atoms with Crippen molar-refractivity contribution in [1.29, 1.82) is 0 Å². The standard InChI is InChI=1S/C30H36FN3O5S/c1-20(19-32-24-12-14-25(15-13-24)40(2,37)38)33-29(35)26(18-21-6-4-3-5-7-21)34-30(36)28-17-16-27(39-28)22-8-10-23(31)11-9-22/h8-17,20-21,26,32H,3-7,18-19H2,1-2H3,(H,33,35)(H,34,36)/t20-,26?/m0/s1. The maximum absolute atomic E-state index is 13.3. The number of hydrogen-bond donors (Lipinski definition) is 3. The first-order valence-corrected chi connectivity index (χ1v) is 15.5. The number of benzene rings is 2. The highest BCUT2D eigenvalue weighted by Gasteiger charge is 2.28. The van der Waals surface area contributed by atoms with Gasteiger partial charge in [0.25, 0.3) is 5.91 Å². The molecule has 0 bridgehead atoms. The second-order valence-corrected chi connectivity index (χ2v) is 12.5. The molecule has 2 atom stereocenters. The van der Waals surface area contributed by atoms with E-state index in [1.54, 1.807) is 36.4 Å². The number of amides is 2. The number of halogens is 1. The molecule has 1 aromatic heterocycles. The minimum Gasteiger partial charge on any atom is -0.451 e. The SMILES string of the molecule is C[C@@H](CNc1ccc(S(C)(=O)=O)cc1)NC(=O)C(CC1CCCCC1)NC(=O)c1ccc(-c2ccc(F)cc2)o1. The molecule has 4 rings (SSSR count). The summed E-state index contributed by atoms with van der Waals surface area (Å²) in [6, 6.07) is 14.4. The Kier molecular flexibility index (Phi) is 9.63. The number of rotatable bonds is 11. The van der Waals surface area contributed by atoms with E-state index in [1.807, 2.05) is 6.92 Å². The van der Waals surface area contributed by atoms with Crippen molar-refractivity contribution in [3.05, 3.63) is 72.2 Å². The Balaban J connectivity index is 1.38. The minimum absolute atomic E-state index is 0.0769. The molecular weight excluding hydrogens is 533 g/mol. The summed E-state index contributed by atoms with van der Waals surface area (Å²) in [5, 5.41) is 9.06. The second kappa shape index (κ2) is 13.1. The van der Waals surface area contributed by atoms with Crippen molar-refractivity contribution in [3.8, 4) is 11.3 Å². The fraction of sp³-hybridized carbons (Fsp3) is 0.400. The monoisotopic (exact) mass is 569 g/mol. The summed E-state index contributed by atoms with van der Waals surface area (Å²) in [6.45, 7) is 2.27. The van der Waals surface area contributed by atoms with Crippen molar-refractivity contribution in [3.63, 3.8) is 0 Å². The summed E-state index contributed by atoms with van der Waals surface area (Å²) >= 11 is 0. The van der Waals surface area contributed by atoms with Crippen LogP contribution in [-0.2, 0) is 14.6 Å². The molecule has 3 N–H and O–H groups in total. The van der Waals surface area contributed by atoms with Crippen LogP contribution in [0.5, 0.6) is 0 Å². The van der Waals surface area contributed by atoms with Crippen LogP contribution in [0.1, 0.15) is 56.0 Å². The first-order chi connectivity index (χ1) is 19.1. The lowest BCUT2D eigenvalue weighted by molar-refractivity contribution is -0.124. The lowest BCUT2D eigenvalue weighted by Gasteiger charge is -2.27. The van der Waals surface area contributed by atoms with Gasteiger partial charge in [-0.15, -0.1) is 0 Å². The lowest BCUT2D eigenvalue weighted by atomic mass is 9.84. The van der Waals surface area contributed by atoms with Crippen LogP contribution in [0.3, 0.4) is 0 Å². The maximum atomic E-state index is 13.3. The first kappa shape index (κ1) is 29.3. The van der Waals surface area contributed by atoms with Gasteiger partial charge in [0.1, 0.15) is 17.6 Å². The van der Waals surface area contributed by atoms with Crippen LogP contribution in [-0.4, -0.2) is 45.1 Å². The van der Waals surface area contributed by atoms with E-state index in [9.17, 15) is 22.4 Å². The van der Waals surface area contributed by atoms with Gasteiger partial charge in [-0.25, -0.2) is 12.8 Å². The number of furan rings is 1. The number of anilines is 1. The fourth-order valence-corrected chi connectivity index (χ4v) is 5.56. The Bertz CT molecular complexity index is 1400. The zero-order chi connectivity index (χ0) is 28.7. The fourth-order valence-electron chi connectivity index (χ4n) is 4.93. The van der Waals surface area contributed by atoms with Gasteiger partial charge >= 0.3 is 0 Å². The van der Waals surface area contributed by atoms with Crippen molar-refractivity contribution >= 4 is 27.3 Å². The Morgan fingerprint density at radius 3 is 2.27 bits per heavy atom. The summed E-state index contributed by atoms with van der Waals surface area (Å²) in [7, 11) is -3.27. The molecule has 2 aromatic carbocycles. The summed E-state index contributed by atoms with van der Waals surface area (Å²) in [6.07, 6.45) is 7.16. The van der Waals surface area contributed by atoms with E-state index < -0.39 is 21.8 Å². The van der Waals surface area contributed by atoms with Gasteiger partial charge < -0.3 is 20.4 Å². The Morgan fingerprint density at radius 2 is 1.62 bits per heavy atom. The Hall–Kier alpha value is -3.66. The average Bonchev–Trinajstić information content (AvgIpc) is 3.43. The molecule has 10 heteroatoms. The minimum atomic E-state index is -3.27. The number of sulfone groups is 1. The lowest BCUT2D eigenvalue weighted by Crippen LogP contribution is -2.51. The van der Waals surface area contributed by atoms with Crippen LogP contribution in [0, 0.1) is 11.7 Å². The normalized spacial score (nSPS) is 15.7. The second-order valence-electron chi connectivity index (χ2n) is 10.5. The third-order valence-electron chi connectivity index (χ3n) is 7.16. The maximum Gasteiger partial charge on any atom is 0.287 e. The van der Waals surface area contributed by atoms with Gasteiger partial charge in [-0.2, -0.15) is 0 Å². The van der Waals surface area contributed by atoms with E-state index in [-0.39, 0.29) is 28.4 Å². The van der Waals surface area contributed by atoms with Crippen molar-refractivity contribution in [2.45, 2.75) is 62.4 Å². The third-order valence-corrected chi connectivity index (χ3v) is 8.29. The number of nitrogens with one attached hydrogen (secondary N) is 3. The molecule has 0 radical (unpaired) electrons. The highest BCUT2D eigenvalue weighted by Crippen LogP contribution is 2.28. The molecule has 1 unspecified atom stereocenters. The molecule has 1 aliphatic carbocycles. The molecule has 8 nitrogen and oxygen atoms in total. The van der Waals surface area contributed by atoms with Crippen LogP contribution in [0.4, 0.5) is 10.1 Å². The Morgan fingerprint density at radius 1 is 0.950 bits per heavy atom. The summed E-state index contributed by atoms with van der Waals surface area (Å²) in [4.78, 5) is 26.7. The number of hydrogen-bond acceptors (Lipinski definition) is 6. The summed E-state index contributed by atoms with van der Waals surface area (Å²) in [5.41, 5.74) is 1.37. The van der Waals surface area contributed by atoms with Crippen molar-refractivity contribution < 1.29 is 26.8 Å². The van der Waals surface area contributed by atoms with Crippen LogP contribution in [0.25, 0.3) is 11.3 Å². The van der Waals surface area contributed by atoms with Gasteiger partial charge in [0, 0.05) is 30.1 Å². The van der Waals surface area contributed by atoms with Crippen molar-refractivity contribution in [2.24, 2.45) is 5.92 Å². The molecular formula is C30H36FN3O5S. The van der Waals surface area contributed by atoms with Gasteiger partial charge in [0.05, 0.1) is 4.90 Å². The molecule has 214 valence electrons. The van der Waals surface area contributed by atoms with E-state index in [4.69, 9.17) is 4.42 Å². The van der Waals surface area contributed by atoms with E-state index in [0.29, 0.717) is 30.2 Å². The zero-order valence-electron chi connectivity index (χ0n) is 22.8. The quantitative estimate of drug-likeness (QED) is 0.293. The Labute approximate surface area is 234 Å². The van der Waals surface area contributed by atoms with Crippen molar-refractivity contribution in [1.82, 2.24) is 10.6 Å².